The summed E-state index contributed by atoms with van der Waals surface area (Å²) in [4.78, 5) is 0. The Hall–Kier alpha value is -1.88. The van der Waals surface area contributed by atoms with Crippen molar-refractivity contribution in [1.29, 1.82) is 0 Å². The maximum absolute atomic E-state index is 12.9. The molecule has 2 aromatic heterocycles. The molecule has 0 atom stereocenters. The summed E-state index contributed by atoms with van der Waals surface area (Å²) in [5, 5.41) is 10.5. The van der Waals surface area contributed by atoms with Crippen LogP contribution in [0.3, 0.4) is 0 Å². The van der Waals surface area contributed by atoms with Gasteiger partial charge in [-0.1, -0.05) is 10.4 Å². The summed E-state index contributed by atoms with van der Waals surface area (Å²) in [6, 6.07) is 1.44. The van der Waals surface area contributed by atoms with Crippen LogP contribution in [0.2, 0.25) is 0 Å². The van der Waals surface area contributed by atoms with E-state index in [-0.39, 0.29) is 18.1 Å². The second kappa shape index (κ2) is 6.48. The van der Waals surface area contributed by atoms with Gasteiger partial charge in [0, 0.05) is 20.2 Å². The van der Waals surface area contributed by atoms with E-state index in [1.165, 1.54) is 20.2 Å². The fourth-order valence-corrected chi connectivity index (χ4v) is 3.19. The fourth-order valence-electron chi connectivity index (χ4n) is 1.89. The highest BCUT2D eigenvalue weighted by molar-refractivity contribution is 7.89. The first-order valence-corrected chi connectivity index (χ1v) is 7.95. The number of rotatable bonds is 7. The number of aromatic nitrogens is 4. The van der Waals surface area contributed by atoms with Crippen LogP contribution < -0.4 is 0 Å². The van der Waals surface area contributed by atoms with Gasteiger partial charge in [0.05, 0.1) is 12.4 Å². The quantitative estimate of drug-likeness (QED) is 0.743. The average Bonchev–Trinajstić information content (AvgIpc) is 2.96. The topological polar surface area (TPSA) is 100 Å². The molecule has 0 aliphatic carbocycles. The van der Waals surface area contributed by atoms with Gasteiger partial charge in [-0.15, -0.1) is 5.10 Å². The molecule has 0 aliphatic heterocycles. The van der Waals surface area contributed by atoms with Gasteiger partial charge in [-0.25, -0.2) is 21.9 Å². The third-order valence-electron chi connectivity index (χ3n) is 2.77. The van der Waals surface area contributed by atoms with Crippen LogP contribution in [0.1, 0.15) is 29.3 Å². The molecule has 0 spiro atoms. The highest BCUT2D eigenvalue weighted by Crippen LogP contribution is 2.23. The van der Waals surface area contributed by atoms with Gasteiger partial charge in [-0.3, -0.25) is 0 Å². The first-order chi connectivity index (χ1) is 10.3. The van der Waals surface area contributed by atoms with Gasteiger partial charge < -0.3 is 9.26 Å². The Morgan fingerprint density at radius 1 is 1.41 bits per heavy atom. The number of aryl methyl sites for hydroxylation is 1. The summed E-state index contributed by atoms with van der Waals surface area (Å²) in [7, 11) is -1.02. The van der Waals surface area contributed by atoms with Crippen LogP contribution in [0, 0.1) is 0 Å². The Balaban J connectivity index is 2.14. The Bertz CT molecular complexity index is 741. The molecule has 22 heavy (non-hydrogen) atoms. The van der Waals surface area contributed by atoms with E-state index < -0.39 is 33.5 Å². The Kier molecular flexibility index (Phi) is 4.86. The molecule has 0 unspecified atom stereocenters. The number of ether oxygens (including phenoxy) is 1. The minimum Gasteiger partial charge on any atom is -0.378 e. The number of halogens is 2. The first-order valence-electron chi connectivity index (χ1n) is 6.13. The normalized spacial score (nSPS) is 12.2. The van der Waals surface area contributed by atoms with E-state index in [4.69, 9.17) is 9.26 Å². The van der Waals surface area contributed by atoms with Gasteiger partial charge in [0.2, 0.25) is 0 Å². The van der Waals surface area contributed by atoms with E-state index in [9.17, 15) is 17.2 Å². The lowest BCUT2D eigenvalue weighted by atomic mass is 10.3. The third-order valence-corrected chi connectivity index (χ3v) is 4.21. The van der Waals surface area contributed by atoms with Crippen LogP contribution in [0.25, 0.3) is 0 Å². The van der Waals surface area contributed by atoms with Crippen LogP contribution in [0.4, 0.5) is 8.78 Å². The molecule has 0 N–H and O–H groups in total. The number of hydrogen-bond acceptors (Lipinski definition) is 7. The fraction of sp³-hybridized carbons (Fsp3) is 0.545. The van der Waals surface area contributed by atoms with Crippen molar-refractivity contribution in [2.24, 2.45) is 7.05 Å². The van der Waals surface area contributed by atoms with Crippen LogP contribution in [0.15, 0.2) is 10.6 Å². The zero-order valence-electron chi connectivity index (χ0n) is 11.9. The maximum atomic E-state index is 12.9. The molecule has 0 amide bonds. The molecule has 0 radical (unpaired) electrons. The van der Waals surface area contributed by atoms with E-state index in [0.717, 1.165) is 4.68 Å². The van der Waals surface area contributed by atoms with Crippen molar-refractivity contribution in [3.8, 4) is 0 Å². The number of alkyl halides is 2. The molecule has 2 aromatic rings. The molecule has 11 heteroatoms. The molecule has 0 fully saturated rings. The summed E-state index contributed by atoms with van der Waals surface area (Å²) < 4.78 is 60.5. The maximum Gasteiger partial charge on any atom is 0.281 e. The second-order valence-electron chi connectivity index (χ2n) is 4.60. The molecular formula is C11H14F2N4O4S. The van der Waals surface area contributed by atoms with Crippen LogP contribution >= 0.6 is 0 Å². The lowest BCUT2D eigenvalue weighted by Gasteiger charge is -2.03. The largest absolute Gasteiger partial charge is 0.378 e. The molecule has 0 aliphatic rings. The highest BCUT2D eigenvalue weighted by Gasteiger charge is 2.25. The SMILES string of the molecule is COCc1cc(CS(=O)(=O)Cc2nnn(C)c2C(F)F)on1. The molecule has 0 bridgehead atoms. The summed E-state index contributed by atoms with van der Waals surface area (Å²) in [6.45, 7) is 0.184. The van der Waals surface area contributed by atoms with Crippen LogP contribution in [-0.4, -0.2) is 35.7 Å². The van der Waals surface area contributed by atoms with Crippen molar-refractivity contribution < 1.29 is 26.5 Å². The van der Waals surface area contributed by atoms with Gasteiger partial charge in [0.15, 0.2) is 15.6 Å². The van der Waals surface area contributed by atoms with E-state index in [2.05, 4.69) is 15.5 Å². The van der Waals surface area contributed by atoms with Crippen molar-refractivity contribution in [2.45, 2.75) is 24.5 Å². The van der Waals surface area contributed by atoms with E-state index >= 15 is 0 Å². The van der Waals surface area contributed by atoms with E-state index in [1.807, 2.05) is 0 Å². The summed E-state index contributed by atoms with van der Waals surface area (Å²) in [5.74, 6) is -1.02. The number of methoxy groups -OCH3 is 1. The van der Waals surface area contributed by atoms with Gasteiger partial charge in [0.25, 0.3) is 6.43 Å². The van der Waals surface area contributed by atoms with Crippen molar-refractivity contribution in [2.75, 3.05) is 7.11 Å². The molecule has 2 rings (SSSR count). The van der Waals surface area contributed by atoms with Crippen molar-refractivity contribution in [1.82, 2.24) is 20.2 Å². The molecule has 8 nitrogen and oxygen atoms in total. The van der Waals surface area contributed by atoms with Crippen molar-refractivity contribution in [3.63, 3.8) is 0 Å². The summed E-state index contributed by atoms with van der Waals surface area (Å²) in [6.07, 6.45) is -2.86. The van der Waals surface area contributed by atoms with E-state index in [1.54, 1.807) is 0 Å². The molecule has 0 saturated carbocycles. The molecule has 2 heterocycles. The predicted octanol–water partition coefficient (Wildman–Crippen LogP) is 1.00. The zero-order chi connectivity index (χ0) is 16.3. The van der Waals surface area contributed by atoms with Gasteiger partial charge in [-0.05, 0) is 0 Å². The van der Waals surface area contributed by atoms with Crippen molar-refractivity contribution in [3.05, 3.63) is 28.9 Å². The molecule has 122 valence electrons. The lowest BCUT2D eigenvalue weighted by molar-refractivity contribution is 0.140. The summed E-state index contributed by atoms with van der Waals surface area (Å²) >= 11 is 0. The predicted molar refractivity (Wildman–Crippen MR) is 69.5 cm³/mol. The van der Waals surface area contributed by atoms with Crippen LogP contribution in [-0.2, 0) is 39.7 Å². The second-order valence-corrected chi connectivity index (χ2v) is 6.66. The lowest BCUT2D eigenvalue weighted by Crippen LogP contribution is -2.10. The average molecular weight is 336 g/mol. The number of sulfone groups is 1. The minimum absolute atomic E-state index is 0.106. The number of hydrogen-bond donors (Lipinski definition) is 0. The Morgan fingerprint density at radius 2 is 2.14 bits per heavy atom. The highest BCUT2D eigenvalue weighted by atomic mass is 32.2. The molecular weight excluding hydrogens is 322 g/mol. The number of nitrogens with zero attached hydrogens (tertiary/aromatic N) is 4. The standard InChI is InChI=1S/C11H14F2N4O4S/c1-17-10(11(12)13)9(14-16-17)6-22(18,19)5-8-3-7(4-20-2)15-21-8/h3,11H,4-6H2,1-2H3. The minimum atomic E-state index is -3.76. The summed E-state index contributed by atoms with van der Waals surface area (Å²) in [5.41, 5.74) is -0.337. The van der Waals surface area contributed by atoms with Crippen molar-refractivity contribution >= 4 is 9.84 Å². The molecule has 0 saturated heterocycles. The Morgan fingerprint density at radius 3 is 2.77 bits per heavy atom. The third kappa shape index (κ3) is 3.85. The van der Waals surface area contributed by atoms with E-state index in [0.29, 0.717) is 5.69 Å². The molecule has 0 aromatic carbocycles. The van der Waals surface area contributed by atoms with Gasteiger partial charge >= 0.3 is 0 Å². The smallest absolute Gasteiger partial charge is 0.281 e. The zero-order valence-corrected chi connectivity index (χ0v) is 12.7. The monoisotopic (exact) mass is 336 g/mol. The first kappa shape index (κ1) is 16.5. The van der Waals surface area contributed by atoms with Gasteiger partial charge in [0.1, 0.15) is 22.8 Å². The van der Waals surface area contributed by atoms with Gasteiger partial charge in [-0.2, -0.15) is 0 Å². The van der Waals surface area contributed by atoms with Crippen LogP contribution in [0.5, 0.6) is 0 Å². The Labute approximate surface area is 125 Å².